The number of hydrogen-bond acceptors (Lipinski definition) is 2. The Bertz CT molecular complexity index is 865. The first-order valence-corrected chi connectivity index (χ1v) is 7.30. The molecular formula is C19H16N2O2. The van der Waals surface area contributed by atoms with Crippen LogP contribution in [-0.2, 0) is 0 Å². The van der Waals surface area contributed by atoms with Crippen molar-refractivity contribution in [1.29, 1.82) is 0 Å². The van der Waals surface area contributed by atoms with Gasteiger partial charge < -0.3 is 10.6 Å². The molecule has 4 heteroatoms. The molecule has 0 spiro atoms. The van der Waals surface area contributed by atoms with Gasteiger partial charge in [0.2, 0.25) is 0 Å². The minimum Gasteiger partial charge on any atom is -0.355 e. The van der Waals surface area contributed by atoms with Crippen LogP contribution in [0.5, 0.6) is 0 Å². The summed E-state index contributed by atoms with van der Waals surface area (Å²) in [6.07, 6.45) is 0. The van der Waals surface area contributed by atoms with Crippen molar-refractivity contribution < 1.29 is 9.59 Å². The molecule has 114 valence electrons. The average molecular weight is 304 g/mol. The molecule has 2 N–H and O–H groups in total. The predicted octanol–water partition coefficient (Wildman–Crippen LogP) is 3.45. The van der Waals surface area contributed by atoms with Crippen LogP contribution in [0.25, 0.3) is 10.8 Å². The molecule has 0 unspecified atom stereocenters. The van der Waals surface area contributed by atoms with E-state index in [9.17, 15) is 9.59 Å². The summed E-state index contributed by atoms with van der Waals surface area (Å²) in [5, 5.41) is 7.36. The second-order valence-corrected chi connectivity index (χ2v) is 5.14. The van der Waals surface area contributed by atoms with Crippen molar-refractivity contribution in [2.24, 2.45) is 0 Å². The lowest BCUT2D eigenvalue weighted by Gasteiger charge is -2.08. The summed E-state index contributed by atoms with van der Waals surface area (Å²) in [4.78, 5) is 24.0. The van der Waals surface area contributed by atoms with Gasteiger partial charge in [-0.2, -0.15) is 0 Å². The van der Waals surface area contributed by atoms with Gasteiger partial charge in [-0.15, -0.1) is 0 Å². The van der Waals surface area contributed by atoms with Crippen molar-refractivity contribution >= 4 is 28.3 Å². The zero-order valence-electron chi connectivity index (χ0n) is 12.7. The highest BCUT2D eigenvalue weighted by Gasteiger charge is 2.10. The third-order valence-corrected chi connectivity index (χ3v) is 3.67. The lowest BCUT2D eigenvalue weighted by Crippen LogP contribution is -2.18. The highest BCUT2D eigenvalue weighted by atomic mass is 16.2. The smallest absolute Gasteiger partial charge is 0.256 e. The van der Waals surface area contributed by atoms with Gasteiger partial charge in [-0.1, -0.05) is 36.4 Å². The third kappa shape index (κ3) is 3.06. The lowest BCUT2D eigenvalue weighted by molar-refractivity contribution is 0.0962. The first-order chi connectivity index (χ1) is 11.2. The molecule has 3 aromatic rings. The van der Waals surface area contributed by atoms with Crippen LogP contribution in [0, 0.1) is 0 Å². The van der Waals surface area contributed by atoms with E-state index in [0.29, 0.717) is 16.8 Å². The maximum absolute atomic E-state index is 12.5. The van der Waals surface area contributed by atoms with E-state index in [0.717, 1.165) is 10.8 Å². The van der Waals surface area contributed by atoms with E-state index in [-0.39, 0.29) is 11.8 Å². The van der Waals surface area contributed by atoms with Crippen LogP contribution in [0.15, 0.2) is 66.7 Å². The molecule has 0 fully saturated rings. The van der Waals surface area contributed by atoms with Crippen molar-refractivity contribution in [2.45, 2.75) is 0 Å². The first kappa shape index (κ1) is 14.8. The van der Waals surface area contributed by atoms with E-state index in [1.54, 1.807) is 37.4 Å². The molecule has 0 saturated heterocycles. The van der Waals surface area contributed by atoms with Crippen molar-refractivity contribution in [3.63, 3.8) is 0 Å². The van der Waals surface area contributed by atoms with Gasteiger partial charge in [0.15, 0.2) is 0 Å². The van der Waals surface area contributed by atoms with Crippen molar-refractivity contribution in [3.05, 3.63) is 77.9 Å². The standard InChI is InChI=1S/C19H16N2O2/c1-20-18(22)14-9-11-15(12-10-14)21-19(23)17-8-4-6-13-5-2-3-7-16(13)17/h2-12H,1H3,(H,20,22)(H,21,23). The Morgan fingerprint density at radius 1 is 0.783 bits per heavy atom. The summed E-state index contributed by atoms with van der Waals surface area (Å²) in [6, 6.07) is 20.2. The molecule has 0 aliphatic rings. The summed E-state index contributed by atoms with van der Waals surface area (Å²) in [5.41, 5.74) is 1.82. The summed E-state index contributed by atoms with van der Waals surface area (Å²) in [5.74, 6) is -0.327. The number of anilines is 1. The number of carbonyl (C=O) groups excluding carboxylic acids is 2. The molecule has 0 heterocycles. The van der Waals surface area contributed by atoms with Gasteiger partial charge in [0.05, 0.1) is 0 Å². The zero-order valence-corrected chi connectivity index (χ0v) is 12.7. The number of nitrogens with one attached hydrogen (secondary N) is 2. The normalized spacial score (nSPS) is 10.3. The quantitative estimate of drug-likeness (QED) is 0.778. The van der Waals surface area contributed by atoms with Crippen molar-refractivity contribution in [1.82, 2.24) is 5.32 Å². The molecule has 0 radical (unpaired) electrons. The lowest BCUT2D eigenvalue weighted by atomic mass is 10.0. The van der Waals surface area contributed by atoms with Gasteiger partial charge in [0.1, 0.15) is 0 Å². The molecule has 0 aliphatic heterocycles. The molecule has 2 amide bonds. The number of carbonyl (C=O) groups is 2. The molecule has 0 aromatic heterocycles. The van der Waals surface area contributed by atoms with Gasteiger partial charge in [-0.05, 0) is 41.1 Å². The fourth-order valence-electron chi connectivity index (χ4n) is 2.47. The number of fused-ring (bicyclic) bond motifs is 1. The minimum absolute atomic E-state index is 0.156. The van der Waals surface area contributed by atoms with Gasteiger partial charge in [0.25, 0.3) is 11.8 Å². The number of benzene rings is 3. The first-order valence-electron chi connectivity index (χ1n) is 7.30. The second kappa shape index (κ2) is 6.32. The Balaban J connectivity index is 1.85. The van der Waals surface area contributed by atoms with E-state index in [1.165, 1.54) is 0 Å². The third-order valence-electron chi connectivity index (χ3n) is 3.67. The fourth-order valence-corrected chi connectivity index (χ4v) is 2.47. The topological polar surface area (TPSA) is 58.2 Å². The summed E-state index contributed by atoms with van der Waals surface area (Å²) < 4.78 is 0. The Morgan fingerprint density at radius 2 is 1.48 bits per heavy atom. The van der Waals surface area contributed by atoms with E-state index >= 15 is 0 Å². The van der Waals surface area contributed by atoms with Gasteiger partial charge in [-0.3, -0.25) is 9.59 Å². The van der Waals surface area contributed by atoms with Crippen LogP contribution < -0.4 is 10.6 Å². The molecule has 3 rings (SSSR count). The number of rotatable bonds is 3. The molecule has 0 saturated carbocycles. The molecule has 0 bridgehead atoms. The van der Waals surface area contributed by atoms with Crippen LogP contribution in [0.2, 0.25) is 0 Å². The molecule has 0 aliphatic carbocycles. The molecule has 0 atom stereocenters. The maximum Gasteiger partial charge on any atom is 0.256 e. The average Bonchev–Trinajstić information content (AvgIpc) is 2.61. The molecular weight excluding hydrogens is 288 g/mol. The van der Waals surface area contributed by atoms with E-state index in [2.05, 4.69) is 10.6 Å². The van der Waals surface area contributed by atoms with Crippen molar-refractivity contribution in [2.75, 3.05) is 12.4 Å². The Labute approximate surface area is 134 Å². The number of amides is 2. The summed E-state index contributed by atoms with van der Waals surface area (Å²) >= 11 is 0. The minimum atomic E-state index is -0.172. The van der Waals surface area contributed by atoms with Crippen LogP contribution in [0.4, 0.5) is 5.69 Å². The Kier molecular flexibility index (Phi) is 4.06. The molecule has 3 aromatic carbocycles. The van der Waals surface area contributed by atoms with E-state index in [4.69, 9.17) is 0 Å². The van der Waals surface area contributed by atoms with E-state index in [1.807, 2.05) is 36.4 Å². The highest BCUT2D eigenvalue weighted by Crippen LogP contribution is 2.20. The van der Waals surface area contributed by atoms with Crippen LogP contribution in [-0.4, -0.2) is 18.9 Å². The summed E-state index contributed by atoms with van der Waals surface area (Å²) in [6.45, 7) is 0. The van der Waals surface area contributed by atoms with Gasteiger partial charge in [0, 0.05) is 23.9 Å². The van der Waals surface area contributed by atoms with E-state index < -0.39 is 0 Å². The Hall–Kier alpha value is -3.14. The van der Waals surface area contributed by atoms with Crippen LogP contribution in [0.1, 0.15) is 20.7 Å². The Morgan fingerprint density at radius 3 is 2.22 bits per heavy atom. The monoisotopic (exact) mass is 304 g/mol. The maximum atomic E-state index is 12.5. The fraction of sp³-hybridized carbons (Fsp3) is 0.0526. The molecule has 23 heavy (non-hydrogen) atoms. The van der Waals surface area contributed by atoms with Gasteiger partial charge >= 0.3 is 0 Å². The van der Waals surface area contributed by atoms with Crippen molar-refractivity contribution in [3.8, 4) is 0 Å². The highest BCUT2D eigenvalue weighted by molar-refractivity contribution is 6.13. The largest absolute Gasteiger partial charge is 0.355 e. The molecule has 4 nitrogen and oxygen atoms in total. The second-order valence-electron chi connectivity index (χ2n) is 5.14. The zero-order chi connectivity index (χ0) is 16.2. The summed E-state index contributed by atoms with van der Waals surface area (Å²) in [7, 11) is 1.58. The van der Waals surface area contributed by atoms with Gasteiger partial charge in [-0.25, -0.2) is 0 Å². The SMILES string of the molecule is CNC(=O)c1ccc(NC(=O)c2cccc3ccccc23)cc1. The number of hydrogen-bond donors (Lipinski definition) is 2. The predicted molar refractivity (Wildman–Crippen MR) is 91.7 cm³/mol. The van der Waals surface area contributed by atoms with Crippen LogP contribution >= 0.6 is 0 Å². The van der Waals surface area contributed by atoms with Crippen LogP contribution in [0.3, 0.4) is 0 Å².